The van der Waals surface area contributed by atoms with Crippen molar-refractivity contribution in [2.45, 2.75) is 18.4 Å². The van der Waals surface area contributed by atoms with Crippen molar-refractivity contribution in [2.24, 2.45) is 0 Å². The topological polar surface area (TPSA) is 75.7 Å². The van der Waals surface area contributed by atoms with E-state index in [9.17, 15) is 13.2 Å². The van der Waals surface area contributed by atoms with Gasteiger partial charge in [0, 0.05) is 30.2 Å². The first-order chi connectivity index (χ1) is 12.9. The normalized spacial score (nSPS) is 15.5. The summed E-state index contributed by atoms with van der Waals surface area (Å²) in [7, 11) is -3.65. The zero-order chi connectivity index (χ0) is 19.4. The molecule has 8 heteroatoms. The van der Waals surface area contributed by atoms with E-state index in [4.69, 9.17) is 16.3 Å². The van der Waals surface area contributed by atoms with Gasteiger partial charge in [0.05, 0.1) is 18.1 Å². The summed E-state index contributed by atoms with van der Waals surface area (Å²) in [5.41, 5.74) is 1.91. The Kier molecular flexibility index (Phi) is 6.16. The standard InChI is InChI=1S/C19H21ClN2O4S/c1-14-5-6-17(27(24,25)22-7-9-26-10-8-22)12-18(14)19(23)21-13-15-3-2-4-16(20)11-15/h2-6,11-12H,7-10,13H2,1H3,(H,21,23). The van der Waals surface area contributed by atoms with E-state index in [1.807, 2.05) is 12.1 Å². The summed E-state index contributed by atoms with van der Waals surface area (Å²) in [4.78, 5) is 12.7. The van der Waals surface area contributed by atoms with Crippen molar-refractivity contribution in [3.63, 3.8) is 0 Å². The van der Waals surface area contributed by atoms with Crippen LogP contribution in [0.15, 0.2) is 47.4 Å². The monoisotopic (exact) mass is 408 g/mol. The van der Waals surface area contributed by atoms with Gasteiger partial charge in [-0.15, -0.1) is 0 Å². The van der Waals surface area contributed by atoms with Crippen molar-refractivity contribution in [1.82, 2.24) is 9.62 Å². The molecule has 1 amide bonds. The number of ether oxygens (including phenoxy) is 1. The van der Waals surface area contributed by atoms with E-state index in [1.54, 1.807) is 25.1 Å². The number of nitrogens with one attached hydrogen (secondary N) is 1. The van der Waals surface area contributed by atoms with Crippen LogP contribution in [0.2, 0.25) is 5.02 Å². The fraction of sp³-hybridized carbons (Fsp3) is 0.316. The molecule has 3 rings (SSSR count). The van der Waals surface area contributed by atoms with Crippen LogP contribution >= 0.6 is 11.6 Å². The molecule has 0 radical (unpaired) electrons. The van der Waals surface area contributed by atoms with Gasteiger partial charge in [0.25, 0.3) is 5.91 Å². The molecule has 144 valence electrons. The number of aryl methyl sites for hydroxylation is 1. The van der Waals surface area contributed by atoms with Gasteiger partial charge in [-0.1, -0.05) is 29.8 Å². The van der Waals surface area contributed by atoms with Gasteiger partial charge in [-0.3, -0.25) is 4.79 Å². The Balaban J connectivity index is 1.79. The summed E-state index contributed by atoms with van der Waals surface area (Å²) in [6.45, 7) is 3.45. The van der Waals surface area contributed by atoms with Crippen LogP contribution in [0, 0.1) is 6.92 Å². The van der Waals surface area contributed by atoms with E-state index in [-0.39, 0.29) is 10.8 Å². The van der Waals surface area contributed by atoms with Gasteiger partial charge in [0.1, 0.15) is 0 Å². The zero-order valence-corrected chi connectivity index (χ0v) is 16.5. The van der Waals surface area contributed by atoms with Crippen LogP contribution in [0.4, 0.5) is 0 Å². The Bertz CT molecular complexity index is 940. The molecule has 1 saturated heterocycles. The number of benzene rings is 2. The minimum absolute atomic E-state index is 0.114. The predicted octanol–water partition coefficient (Wildman–Crippen LogP) is 2.60. The number of amides is 1. The number of hydrogen-bond acceptors (Lipinski definition) is 4. The number of halogens is 1. The van der Waals surface area contributed by atoms with E-state index in [1.165, 1.54) is 16.4 Å². The van der Waals surface area contributed by atoms with Gasteiger partial charge in [-0.2, -0.15) is 4.31 Å². The van der Waals surface area contributed by atoms with Gasteiger partial charge in [-0.25, -0.2) is 8.42 Å². The van der Waals surface area contributed by atoms with Gasteiger partial charge in [0.2, 0.25) is 10.0 Å². The minimum Gasteiger partial charge on any atom is -0.379 e. The molecule has 0 aromatic heterocycles. The van der Waals surface area contributed by atoms with Gasteiger partial charge < -0.3 is 10.1 Å². The highest BCUT2D eigenvalue weighted by Gasteiger charge is 2.27. The molecule has 0 unspecified atom stereocenters. The van der Waals surface area contributed by atoms with Crippen LogP contribution in [-0.4, -0.2) is 44.9 Å². The smallest absolute Gasteiger partial charge is 0.251 e. The zero-order valence-electron chi connectivity index (χ0n) is 14.9. The van der Waals surface area contributed by atoms with Crippen molar-refractivity contribution in [3.8, 4) is 0 Å². The fourth-order valence-corrected chi connectivity index (χ4v) is 4.51. The molecule has 0 spiro atoms. The second-order valence-electron chi connectivity index (χ2n) is 6.31. The number of rotatable bonds is 5. The third kappa shape index (κ3) is 4.68. The average Bonchev–Trinajstić information content (AvgIpc) is 2.67. The maximum absolute atomic E-state index is 12.8. The number of carbonyl (C=O) groups is 1. The average molecular weight is 409 g/mol. The van der Waals surface area contributed by atoms with Crippen LogP contribution in [-0.2, 0) is 21.3 Å². The molecule has 1 aliphatic heterocycles. The third-order valence-corrected chi connectivity index (χ3v) is 6.53. The largest absolute Gasteiger partial charge is 0.379 e. The fourth-order valence-electron chi connectivity index (χ4n) is 2.87. The van der Waals surface area contributed by atoms with Gasteiger partial charge in [-0.05, 0) is 42.3 Å². The molecule has 27 heavy (non-hydrogen) atoms. The van der Waals surface area contributed by atoms with Crippen molar-refractivity contribution >= 4 is 27.5 Å². The van der Waals surface area contributed by atoms with Gasteiger partial charge in [0.15, 0.2) is 0 Å². The predicted molar refractivity (Wildman–Crippen MR) is 103 cm³/mol. The molecule has 2 aromatic rings. The Labute approximate surface area is 164 Å². The summed E-state index contributed by atoms with van der Waals surface area (Å²) in [5.74, 6) is -0.327. The summed E-state index contributed by atoms with van der Waals surface area (Å²) in [6.07, 6.45) is 0. The van der Waals surface area contributed by atoms with Crippen LogP contribution in [0.25, 0.3) is 0 Å². The molecule has 1 fully saturated rings. The highest BCUT2D eigenvalue weighted by molar-refractivity contribution is 7.89. The van der Waals surface area contributed by atoms with E-state index in [2.05, 4.69) is 5.32 Å². The maximum Gasteiger partial charge on any atom is 0.251 e. The van der Waals surface area contributed by atoms with Crippen molar-refractivity contribution in [1.29, 1.82) is 0 Å². The molecular weight excluding hydrogens is 388 g/mol. The number of sulfonamides is 1. The van der Waals surface area contributed by atoms with E-state index < -0.39 is 10.0 Å². The molecule has 6 nitrogen and oxygen atoms in total. The van der Waals surface area contributed by atoms with E-state index >= 15 is 0 Å². The summed E-state index contributed by atoms with van der Waals surface area (Å²) in [5, 5.41) is 3.41. The lowest BCUT2D eigenvalue weighted by Crippen LogP contribution is -2.40. The first-order valence-corrected chi connectivity index (χ1v) is 10.4. The molecule has 1 aliphatic rings. The second-order valence-corrected chi connectivity index (χ2v) is 8.68. The molecule has 0 bridgehead atoms. The minimum atomic E-state index is -3.65. The maximum atomic E-state index is 12.8. The number of carbonyl (C=O) groups excluding carboxylic acids is 1. The quantitative estimate of drug-likeness (QED) is 0.825. The third-order valence-electron chi connectivity index (χ3n) is 4.40. The lowest BCUT2D eigenvalue weighted by Gasteiger charge is -2.26. The molecule has 0 atom stereocenters. The van der Waals surface area contributed by atoms with Crippen molar-refractivity contribution in [2.75, 3.05) is 26.3 Å². The second kappa shape index (κ2) is 8.39. The lowest BCUT2D eigenvalue weighted by molar-refractivity contribution is 0.0730. The van der Waals surface area contributed by atoms with Crippen LogP contribution in [0.5, 0.6) is 0 Å². The van der Waals surface area contributed by atoms with E-state index in [0.717, 1.165) is 5.56 Å². The van der Waals surface area contributed by atoms with Crippen molar-refractivity contribution < 1.29 is 17.9 Å². The molecular formula is C19H21ClN2O4S. The molecule has 1 heterocycles. The Morgan fingerprint density at radius 2 is 1.93 bits per heavy atom. The molecule has 2 aromatic carbocycles. The Morgan fingerprint density at radius 1 is 1.19 bits per heavy atom. The van der Waals surface area contributed by atoms with Crippen LogP contribution in [0.3, 0.4) is 0 Å². The van der Waals surface area contributed by atoms with Crippen LogP contribution < -0.4 is 5.32 Å². The molecule has 1 N–H and O–H groups in total. The summed E-state index contributed by atoms with van der Waals surface area (Å²) in [6, 6.07) is 11.8. The highest BCUT2D eigenvalue weighted by Crippen LogP contribution is 2.21. The number of hydrogen-bond donors (Lipinski definition) is 1. The summed E-state index contributed by atoms with van der Waals surface area (Å²) >= 11 is 5.95. The highest BCUT2D eigenvalue weighted by atomic mass is 35.5. The SMILES string of the molecule is Cc1ccc(S(=O)(=O)N2CCOCC2)cc1C(=O)NCc1cccc(Cl)c1. The van der Waals surface area contributed by atoms with Crippen LogP contribution in [0.1, 0.15) is 21.5 Å². The lowest BCUT2D eigenvalue weighted by atomic mass is 10.1. The van der Waals surface area contributed by atoms with E-state index in [0.29, 0.717) is 49.0 Å². The van der Waals surface area contributed by atoms with Gasteiger partial charge >= 0.3 is 0 Å². The Hall–Kier alpha value is -1.93. The Morgan fingerprint density at radius 3 is 2.63 bits per heavy atom. The first kappa shape index (κ1) is 19.8. The summed E-state index contributed by atoms with van der Waals surface area (Å²) < 4.78 is 32.2. The number of morpholine rings is 1. The first-order valence-electron chi connectivity index (χ1n) is 8.59. The molecule has 0 aliphatic carbocycles. The molecule has 0 saturated carbocycles. The van der Waals surface area contributed by atoms with Crippen molar-refractivity contribution in [3.05, 3.63) is 64.2 Å². The number of nitrogens with zero attached hydrogens (tertiary/aromatic N) is 1.